The summed E-state index contributed by atoms with van der Waals surface area (Å²) in [5.41, 5.74) is 1.53. The fourth-order valence-electron chi connectivity index (χ4n) is 5.30. The number of allylic oxidation sites excluding steroid dienone is 1. The van der Waals surface area contributed by atoms with Crippen molar-refractivity contribution in [2.24, 2.45) is 17.8 Å². The highest BCUT2D eigenvalue weighted by Crippen LogP contribution is 2.48. The molecular weight excluding hydrogens is 354 g/mol. The molecule has 2 aliphatic carbocycles. The molecule has 0 spiro atoms. The Bertz CT molecular complexity index is 842. The van der Waals surface area contributed by atoms with Gasteiger partial charge in [0.25, 0.3) is 0 Å². The zero-order chi connectivity index (χ0) is 19.7. The van der Waals surface area contributed by atoms with Crippen molar-refractivity contribution in [1.82, 2.24) is 0 Å². The highest BCUT2D eigenvalue weighted by atomic mass is 19.2. The van der Waals surface area contributed by atoms with Gasteiger partial charge >= 0.3 is 0 Å². The largest absolute Gasteiger partial charge is 0.497 e. The summed E-state index contributed by atoms with van der Waals surface area (Å²) in [6.07, 6.45) is 8.72. The molecule has 0 N–H and O–H groups in total. The van der Waals surface area contributed by atoms with Crippen LogP contribution in [0.2, 0.25) is 0 Å². The van der Waals surface area contributed by atoms with Crippen molar-refractivity contribution in [3.05, 3.63) is 66.3 Å². The number of ether oxygens (including phenoxy) is 1. The maximum absolute atomic E-state index is 15.0. The Balaban J connectivity index is 1.54. The average Bonchev–Trinajstić information content (AvgIpc) is 2.75. The van der Waals surface area contributed by atoms with Gasteiger partial charge in [0.1, 0.15) is 5.75 Å². The molecule has 1 nitrogen and oxygen atoms in total. The third-order valence-corrected chi connectivity index (χ3v) is 6.94. The first-order valence-corrected chi connectivity index (χ1v) is 10.4. The van der Waals surface area contributed by atoms with E-state index >= 15 is 4.39 Å². The van der Waals surface area contributed by atoms with Crippen LogP contribution in [0.1, 0.15) is 50.0 Å². The van der Waals surface area contributed by atoms with Crippen LogP contribution >= 0.6 is 0 Å². The van der Waals surface area contributed by atoms with Crippen LogP contribution in [0, 0.1) is 29.4 Å². The highest BCUT2D eigenvalue weighted by molar-refractivity contribution is 5.65. The minimum absolute atomic E-state index is 0.126. The molecule has 0 bridgehead atoms. The zero-order valence-electron chi connectivity index (χ0n) is 16.5. The molecule has 0 heterocycles. The first-order valence-electron chi connectivity index (χ1n) is 10.4. The third-order valence-electron chi connectivity index (χ3n) is 6.94. The second kappa shape index (κ2) is 8.06. The van der Waals surface area contributed by atoms with Gasteiger partial charge in [-0.1, -0.05) is 30.3 Å². The molecule has 148 valence electrons. The van der Waals surface area contributed by atoms with Crippen molar-refractivity contribution in [1.29, 1.82) is 0 Å². The van der Waals surface area contributed by atoms with E-state index in [0.717, 1.165) is 25.2 Å². The minimum Gasteiger partial charge on any atom is -0.497 e. The number of hydrogen-bond donors (Lipinski definition) is 0. The van der Waals surface area contributed by atoms with Gasteiger partial charge in [0, 0.05) is 5.56 Å². The molecule has 0 saturated heterocycles. The van der Waals surface area contributed by atoms with Crippen molar-refractivity contribution < 1.29 is 13.5 Å². The van der Waals surface area contributed by atoms with Crippen LogP contribution < -0.4 is 4.74 Å². The maximum Gasteiger partial charge on any atom is 0.166 e. The van der Waals surface area contributed by atoms with E-state index in [1.807, 2.05) is 0 Å². The summed E-state index contributed by atoms with van der Waals surface area (Å²) in [4.78, 5) is 0. The molecule has 2 aromatic carbocycles. The number of halogens is 2. The van der Waals surface area contributed by atoms with E-state index in [-0.39, 0.29) is 5.92 Å². The molecule has 2 saturated carbocycles. The predicted octanol–water partition coefficient (Wildman–Crippen LogP) is 7.13. The SMILES string of the molecule is C=CC1CCC2CC(c3ccc(-c4ccc(OC)cc4)c(F)c3F)CCC2C1. The van der Waals surface area contributed by atoms with E-state index in [1.54, 1.807) is 43.5 Å². The highest BCUT2D eigenvalue weighted by Gasteiger charge is 2.36. The lowest BCUT2D eigenvalue weighted by molar-refractivity contribution is 0.132. The molecule has 2 aliphatic rings. The quantitative estimate of drug-likeness (QED) is 0.511. The summed E-state index contributed by atoms with van der Waals surface area (Å²) in [5, 5.41) is 0. The van der Waals surface area contributed by atoms with Gasteiger partial charge < -0.3 is 4.74 Å². The zero-order valence-corrected chi connectivity index (χ0v) is 16.5. The number of benzene rings is 2. The van der Waals surface area contributed by atoms with Gasteiger partial charge in [-0.25, -0.2) is 8.78 Å². The lowest BCUT2D eigenvalue weighted by Crippen LogP contribution is -2.30. The van der Waals surface area contributed by atoms with Gasteiger partial charge in [0.05, 0.1) is 7.11 Å². The molecule has 4 rings (SSSR count). The first-order chi connectivity index (χ1) is 13.6. The summed E-state index contributed by atoms with van der Waals surface area (Å²) in [6, 6.07) is 10.6. The van der Waals surface area contributed by atoms with E-state index in [2.05, 4.69) is 12.7 Å². The fourth-order valence-corrected chi connectivity index (χ4v) is 5.30. The van der Waals surface area contributed by atoms with E-state index in [4.69, 9.17) is 4.74 Å². The number of rotatable bonds is 4. The average molecular weight is 382 g/mol. The molecule has 28 heavy (non-hydrogen) atoms. The van der Waals surface area contributed by atoms with Gasteiger partial charge in [-0.2, -0.15) is 0 Å². The molecule has 3 heteroatoms. The van der Waals surface area contributed by atoms with Crippen molar-refractivity contribution >= 4 is 0 Å². The van der Waals surface area contributed by atoms with Crippen LogP contribution in [0.15, 0.2) is 49.1 Å². The van der Waals surface area contributed by atoms with Crippen LogP contribution in [0.5, 0.6) is 5.75 Å². The van der Waals surface area contributed by atoms with Crippen LogP contribution in [-0.2, 0) is 0 Å². The molecular formula is C25H28F2O. The topological polar surface area (TPSA) is 9.23 Å². The lowest BCUT2D eigenvalue weighted by atomic mass is 9.64. The normalized spacial score (nSPS) is 27.1. The second-order valence-electron chi connectivity index (χ2n) is 8.40. The van der Waals surface area contributed by atoms with Gasteiger partial charge in [-0.3, -0.25) is 0 Å². The Hall–Kier alpha value is -2.16. The Labute approximate surface area is 166 Å². The van der Waals surface area contributed by atoms with Gasteiger partial charge in [0.15, 0.2) is 11.6 Å². The van der Waals surface area contributed by atoms with Crippen molar-refractivity contribution in [2.45, 2.75) is 44.4 Å². The van der Waals surface area contributed by atoms with Crippen molar-refractivity contribution in [3.8, 4) is 16.9 Å². The van der Waals surface area contributed by atoms with E-state index in [1.165, 1.54) is 19.3 Å². The van der Waals surface area contributed by atoms with E-state index in [9.17, 15) is 4.39 Å². The summed E-state index contributed by atoms with van der Waals surface area (Å²) in [5.74, 6) is 1.41. The summed E-state index contributed by atoms with van der Waals surface area (Å²) < 4.78 is 35.0. The summed E-state index contributed by atoms with van der Waals surface area (Å²) in [7, 11) is 1.59. The molecule has 0 aliphatic heterocycles. The molecule has 2 aromatic rings. The monoisotopic (exact) mass is 382 g/mol. The lowest BCUT2D eigenvalue weighted by Gasteiger charge is -2.41. The number of fused-ring (bicyclic) bond motifs is 1. The number of methoxy groups -OCH3 is 1. The predicted molar refractivity (Wildman–Crippen MR) is 109 cm³/mol. The van der Waals surface area contributed by atoms with Crippen LogP contribution in [-0.4, -0.2) is 7.11 Å². The van der Waals surface area contributed by atoms with Gasteiger partial charge in [-0.05, 0) is 85.5 Å². The molecule has 2 fully saturated rings. The smallest absolute Gasteiger partial charge is 0.166 e. The Morgan fingerprint density at radius 3 is 2.32 bits per heavy atom. The second-order valence-corrected chi connectivity index (χ2v) is 8.40. The van der Waals surface area contributed by atoms with Crippen LogP contribution in [0.3, 0.4) is 0 Å². The Morgan fingerprint density at radius 2 is 1.61 bits per heavy atom. The third kappa shape index (κ3) is 3.59. The van der Waals surface area contributed by atoms with Crippen LogP contribution in [0.4, 0.5) is 8.78 Å². The van der Waals surface area contributed by atoms with Gasteiger partial charge in [-0.15, -0.1) is 6.58 Å². The van der Waals surface area contributed by atoms with Gasteiger partial charge in [0.2, 0.25) is 0 Å². The standard InChI is InChI=1S/C25H28F2O/c1-3-16-4-5-19-15-20(7-6-18(19)14-16)23-13-12-22(24(26)25(23)27)17-8-10-21(28-2)11-9-17/h3,8-13,16,18-20H,1,4-7,14-15H2,2H3. The minimum atomic E-state index is -0.736. The molecule has 0 aromatic heterocycles. The Morgan fingerprint density at radius 1 is 0.893 bits per heavy atom. The Kier molecular flexibility index (Phi) is 5.52. The van der Waals surface area contributed by atoms with Crippen molar-refractivity contribution in [2.75, 3.05) is 7.11 Å². The maximum atomic E-state index is 15.0. The molecule has 0 radical (unpaired) electrons. The molecule has 0 amide bonds. The van der Waals surface area contributed by atoms with Crippen molar-refractivity contribution in [3.63, 3.8) is 0 Å². The fraction of sp³-hybridized carbons (Fsp3) is 0.440. The summed E-state index contributed by atoms with van der Waals surface area (Å²) >= 11 is 0. The number of hydrogen-bond acceptors (Lipinski definition) is 1. The van der Waals surface area contributed by atoms with E-state index < -0.39 is 11.6 Å². The molecule has 4 atom stereocenters. The van der Waals surface area contributed by atoms with E-state index in [0.29, 0.717) is 34.3 Å². The summed E-state index contributed by atoms with van der Waals surface area (Å²) in [6.45, 7) is 3.95. The van der Waals surface area contributed by atoms with Crippen LogP contribution in [0.25, 0.3) is 11.1 Å². The molecule has 4 unspecified atom stereocenters. The first kappa shape index (κ1) is 19.2.